The molecule has 2 amide bonds. The van der Waals surface area contributed by atoms with E-state index in [2.05, 4.69) is 10.6 Å². The highest BCUT2D eigenvalue weighted by Crippen LogP contribution is 2.33. The van der Waals surface area contributed by atoms with E-state index in [1.165, 1.54) is 9.75 Å². The van der Waals surface area contributed by atoms with E-state index in [1.54, 1.807) is 34.8 Å². The van der Waals surface area contributed by atoms with E-state index in [0.29, 0.717) is 22.5 Å². The zero-order chi connectivity index (χ0) is 30.2. The Labute approximate surface area is 262 Å². The Morgan fingerprint density at radius 3 is 1.36 bits per heavy atom. The number of hydrogen-bond donors (Lipinski definition) is 2. The predicted molar refractivity (Wildman–Crippen MR) is 182 cm³/mol. The molecule has 0 saturated carbocycles. The van der Waals surface area contributed by atoms with Crippen molar-refractivity contribution >= 4 is 67.7 Å². The van der Waals surface area contributed by atoms with Crippen molar-refractivity contribution in [3.63, 3.8) is 0 Å². The fraction of sp³-hybridized carbons (Fsp3) is 0.0556. The van der Waals surface area contributed by atoms with Gasteiger partial charge in [-0.25, -0.2) is 9.97 Å². The number of carbonyl (C=O) groups is 2. The van der Waals surface area contributed by atoms with Crippen LogP contribution in [0.15, 0.2) is 109 Å². The third-order valence-corrected chi connectivity index (χ3v) is 9.38. The van der Waals surface area contributed by atoms with Crippen molar-refractivity contribution in [3.8, 4) is 21.1 Å². The number of amides is 2. The van der Waals surface area contributed by atoms with E-state index >= 15 is 0 Å². The third kappa shape index (κ3) is 5.37. The van der Waals surface area contributed by atoms with Gasteiger partial charge in [0.05, 0.1) is 54.7 Å². The second-order valence-electron chi connectivity index (χ2n) is 10.4. The van der Waals surface area contributed by atoms with Crippen molar-refractivity contribution < 1.29 is 9.59 Å². The maximum absolute atomic E-state index is 13.8. The smallest absolute Gasteiger partial charge is 0.256 e. The number of rotatable bonds is 6. The molecule has 0 atom stereocenters. The zero-order valence-corrected chi connectivity index (χ0v) is 25.6. The fourth-order valence-electron chi connectivity index (χ4n) is 5.20. The summed E-state index contributed by atoms with van der Waals surface area (Å²) in [5.74, 6) is -0.575. The number of fused-ring (bicyclic) bond motifs is 2. The van der Waals surface area contributed by atoms with Gasteiger partial charge < -0.3 is 10.6 Å². The van der Waals surface area contributed by atoms with E-state index < -0.39 is 0 Å². The first-order valence-electron chi connectivity index (χ1n) is 14.1. The van der Waals surface area contributed by atoms with Crippen LogP contribution in [-0.2, 0) is 0 Å². The molecule has 0 bridgehead atoms. The normalized spacial score (nSPS) is 11.1. The average Bonchev–Trinajstić information content (AvgIpc) is 3.69. The van der Waals surface area contributed by atoms with Gasteiger partial charge >= 0.3 is 0 Å². The lowest BCUT2D eigenvalue weighted by molar-refractivity contribution is 0.101. The van der Waals surface area contributed by atoms with Crippen LogP contribution in [0.4, 0.5) is 11.4 Å². The van der Waals surface area contributed by atoms with Crippen LogP contribution in [0.5, 0.6) is 0 Å². The number of aromatic nitrogens is 2. The predicted octanol–water partition coefficient (Wildman–Crippen LogP) is 9.36. The van der Waals surface area contributed by atoms with Crippen molar-refractivity contribution in [1.29, 1.82) is 0 Å². The molecule has 0 saturated heterocycles. The van der Waals surface area contributed by atoms with E-state index in [0.717, 1.165) is 42.9 Å². The molecule has 7 rings (SSSR count). The Balaban J connectivity index is 1.22. The minimum atomic E-state index is -0.287. The van der Waals surface area contributed by atoms with Crippen LogP contribution in [0.3, 0.4) is 0 Å². The number of benzene rings is 3. The zero-order valence-electron chi connectivity index (χ0n) is 23.9. The second-order valence-corrected chi connectivity index (χ2v) is 13.0. The Bertz CT molecular complexity index is 2060. The Hall–Kier alpha value is -5.18. The molecule has 8 heteroatoms. The maximum atomic E-state index is 13.8. The van der Waals surface area contributed by atoms with Gasteiger partial charge in [0.1, 0.15) is 0 Å². The number of nitrogens with one attached hydrogen (secondary N) is 2. The fourth-order valence-corrected chi connectivity index (χ4v) is 6.86. The molecule has 4 heterocycles. The summed E-state index contributed by atoms with van der Waals surface area (Å²) in [6.45, 7) is 4.10. The summed E-state index contributed by atoms with van der Waals surface area (Å²) < 4.78 is 0. The highest BCUT2D eigenvalue weighted by atomic mass is 32.1. The number of thiophene rings is 2. The van der Waals surface area contributed by atoms with Crippen LogP contribution in [0.1, 0.15) is 30.5 Å². The molecule has 2 N–H and O–H groups in total. The molecule has 0 radical (unpaired) electrons. The maximum Gasteiger partial charge on any atom is 0.256 e. The third-order valence-electron chi connectivity index (χ3n) is 7.33. The lowest BCUT2D eigenvalue weighted by Gasteiger charge is -2.15. The highest BCUT2D eigenvalue weighted by molar-refractivity contribution is 7.15. The molecule has 214 valence electrons. The average molecular weight is 611 g/mol. The lowest BCUT2D eigenvalue weighted by atomic mass is 10.1. The quantitative estimate of drug-likeness (QED) is 0.197. The van der Waals surface area contributed by atoms with Crippen LogP contribution < -0.4 is 10.6 Å². The molecule has 6 nitrogen and oxygen atoms in total. The van der Waals surface area contributed by atoms with Crippen LogP contribution in [0, 0.1) is 13.8 Å². The van der Waals surface area contributed by atoms with Gasteiger partial charge in [0.25, 0.3) is 11.8 Å². The molecule has 44 heavy (non-hydrogen) atoms. The molecule has 0 spiro atoms. The highest BCUT2D eigenvalue weighted by Gasteiger charge is 2.19. The van der Waals surface area contributed by atoms with Gasteiger partial charge in [0.2, 0.25) is 0 Å². The molecule has 0 aliphatic carbocycles. The summed E-state index contributed by atoms with van der Waals surface area (Å²) >= 11 is 3.27. The SMILES string of the molecule is Cc1ccc(-c2cc(C(=O)Nc3ccccc3NC(=O)c3cc(-c4ccc(C)s4)nc4ccccc34)c3ccccc3n2)s1. The van der Waals surface area contributed by atoms with Crippen molar-refractivity contribution in [2.24, 2.45) is 0 Å². The Morgan fingerprint density at radius 2 is 0.955 bits per heavy atom. The van der Waals surface area contributed by atoms with E-state index in [-0.39, 0.29) is 11.8 Å². The number of para-hydroxylation sites is 4. The Kier molecular flexibility index (Phi) is 7.21. The lowest BCUT2D eigenvalue weighted by Crippen LogP contribution is -2.17. The van der Waals surface area contributed by atoms with Gasteiger partial charge in [-0.3, -0.25) is 9.59 Å². The number of anilines is 2. The summed E-state index contributed by atoms with van der Waals surface area (Å²) in [6.07, 6.45) is 0. The number of pyridine rings is 2. The summed E-state index contributed by atoms with van der Waals surface area (Å²) in [6, 6.07) is 34.3. The van der Waals surface area contributed by atoms with Crippen LogP contribution in [0.25, 0.3) is 42.9 Å². The molecular weight excluding hydrogens is 585 g/mol. The van der Waals surface area contributed by atoms with Gasteiger partial charge in [0.15, 0.2) is 0 Å². The van der Waals surface area contributed by atoms with Gasteiger partial charge in [0, 0.05) is 20.5 Å². The molecule has 7 aromatic rings. The van der Waals surface area contributed by atoms with Crippen LogP contribution in [-0.4, -0.2) is 21.8 Å². The summed E-state index contributed by atoms with van der Waals surface area (Å²) in [5.41, 5.74) is 4.97. The number of hydrogen-bond acceptors (Lipinski definition) is 6. The van der Waals surface area contributed by atoms with Crippen LogP contribution in [0.2, 0.25) is 0 Å². The molecule has 0 aliphatic heterocycles. The van der Waals surface area contributed by atoms with Gasteiger partial charge in [-0.2, -0.15) is 0 Å². The minimum absolute atomic E-state index is 0.287. The van der Waals surface area contributed by atoms with Gasteiger partial charge in [-0.1, -0.05) is 48.5 Å². The van der Waals surface area contributed by atoms with E-state index in [9.17, 15) is 9.59 Å². The number of aryl methyl sites for hydroxylation is 2. The second kappa shape index (κ2) is 11.5. The molecule has 0 fully saturated rings. The summed E-state index contributed by atoms with van der Waals surface area (Å²) in [4.78, 5) is 41.7. The topological polar surface area (TPSA) is 84.0 Å². The van der Waals surface area contributed by atoms with Gasteiger partial charge in [-0.05, 0) is 74.5 Å². The Morgan fingerprint density at radius 1 is 0.545 bits per heavy atom. The monoisotopic (exact) mass is 610 g/mol. The van der Waals surface area contributed by atoms with Crippen LogP contribution >= 0.6 is 22.7 Å². The number of carbonyl (C=O) groups excluding carboxylic acids is 2. The summed E-state index contributed by atoms with van der Waals surface area (Å²) in [7, 11) is 0. The molecular formula is C36H26N4O2S2. The van der Waals surface area contributed by atoms with E-state index in [4.69, 9.17) is 9.97 Å². The standard InChI is InChI=1S/C36H26N4O2S2/c1-21-15-17-33(43-21)31-19-25(23-9-3-5-11-27(23)37-31)35(41)39-29-13-7-8-14-30(29)40-36(42)26-20-32(34-18-16-22(2)44-34)38-28-12-6-4-10-24(26)28/h3-20H,1-2H3,(H,39,41)(H,40,42). The molecule has 0 unspecified atom stereocenters. The van der Waals surface area contributed by atoms with Crippen molar-refractivity contribution in [3.05, 3.63) is 130 Å². The van der Waals surface area contributed by atoms with Crippen molar-refractivity contribution in [2.75, 3.05) is 10.6 Å². The first-order chi connectivity index (χ1) is 21.4. The van der Waals surface area contributed by atoms with E-state index in [1.807, 2.05) is 111 Å². The molecule has 4 aromatic heterocycles. The first kappa shape index (κ1) is 27.6. The van der Waals surface area contributed by atoms with Crippen molar-refractivity contribution in [2.45, 2.75) is 13.8 Å². The molecule has 0 aliphatic rings. The first-order valence-corrected chi connectivity index (χ1v) is 15.7. The largest absolute Gasteiger partial charge is 0.320 e. The number of nitrogens with zero attached hydrogens (tertiary/aromatic N) is 2. The minimum Gasteiger partial charge on any atom is -0.320 e. The van der Waals surface area contributed by atoms with Gasteiger partial charge in [-0.15, -0.1) is 22.7 Å². The summed E-state index contributed by atoms with van der Waals surface area (Å²) in [5, 5.41) is 7.60. The van der Waals surface area contributed by atoms with Crippen molar-refractivity contribution in [1.82, 2.24) is 9.97 Å². The molecule has 3 aromatic carbocycles.